The molecule has 2 aromatic carbocycles. The number of pyridine rings is 1. The Morgan fingerprint density at radius 2 is 1.24 bits per heavy atom. The van der Waals surface area contributed by atoms with Gasteiger partial charge in [-0.15, -0.1) is 6.58 Å². The Hall–Kier alpha value is -2.23. The van der Waals surface area contributed by atoms with Gasteiger partial charge in [0.15, 0.2) is 0 Å². The van der Waals surface area contributed by atoms with E-state index in [0.29, 0.717) is 0 Å². The molecule has 6 heteroatoms. The van der Waals surface area contributed by atoms with Gasteiger partial charge in [-0.05, 0) is 87.9 Å². The third kappa shape index (κ3) is 7.65. The average Bonchev–Trinajstić information content (AvgIpc) is 2.79. The van der Waals surface area contributed by atoms with Gasteiger partial charge < -0.3 is 0 Å². The number of allylic oxidation sites excluding steroid dienone is 1. The zero-order valence-corrected chi connectivity index (χ0v) is 23.2. The second kappa shape index (κ2) is 13.6. The van der Waals surface area contributed by atoms with Crippen molar-refractivity contribution in [2.75, 3.05) is 0 Å². The molecule has 0 atom stereocenters. The molecule has 0 saturated heterocycles. The fraction of sp³-hybridized carbons (Fsp3) is 0.250. The standard InChI is InChI=1S/C28H31N3.2ClH.Fe/c1-8-11-24-16-20(4)28(21(5)17-24)30-23(7)26-15-10-14-25(31-26)22(6)29-27-18(2)12-9-13-19(27)3;;;/h8-10,12-17H,1,11H2,2-7H3;2*1H;/q;;;+2/p-2. The topological polar surface area (TPSA) is 37.6 Å². The van der Waals surface area contributed by atoms with E-state index in [0.717, 1.165) is 40.6 Å². The molecule has 0 bridgehead atoms. The van der Waals surface area contributed by atoms with Gasteiger partial charge >= 0.3 is 33.3 Å². The summed E-state index contributed by atoms with van der Waals surface area (Å²) in [5, 5.41) is 0. The Bertz CT molecular complexity index is 1170. The molecule has 1 aromatic heterocycles. The Kier molecular flexibility index (Phi) is 11.2. The van der Waals surface area contributed by atoms with Crippen LogP contribution in [0.4, 0.5) is 11.4 Å². The van der Waals surface area contributed by atoms with Crippen molar-refractivity contribution in [2.24, 2.45) is 9.98 Å². The summed E-state index contributed by atoms with van der Waals surface area (Å²) in [5.41, 5.74) is 11.5. The predicted octanol–water partition coefficient (Wildman–Crippen LogP) is 8.70. The molecule has 0 N–H and O–H groups in total. The van der Waals surface area contributed by atoms with Crippen LogP contribution in [0.2, 0.25) is 0 Å². The van der Waals surface area contributed by atoms with Gasteiger partial charge in [-0.2, -0.15) is 0 Å². The van der Waals surface area contributed by atoms with Crippen molar-refractivity contribution in [3.05, 3.63) is 100 Å². The van der Waals surface area contributed by atoms with Crippen molar-refractivity contribution in [1.29, 1.82) is 0 Å². The second-order valence-electron chi connectivity index (χ2n) is 8.16. The van der Waals surface area contributed by atoms with Gasteiger partial charge in [-0.3, -0.25) is 9.98 Å². The minimum absolute atomic E-state index is 0.194. The van der Waals surface area contributed by atoms with Gasteiger partial charge in [0.1, 0.15) is 0 Å². The summed E-state index contributed by atoms with van der Waals surface area (Å²) >= 11 is 0.194. The second-order valence-corrected chi connectivity index (χ2v) is 9.99. The summed E-state index contributed by atoms with van der Waals surface area (Å²) in [5.74, 6) is 0. The molecule has 180 valence electrons. The maximum atomic E-state index is 4.93. The van der Waals surface area contributed by atoms with E-state index in [-0.39, 0.29) is 13.1 Å². The van der Waals surface area contributed by atoms with Gasteiger partial charge in [0.25, 0.3) is 0 Å². The molecular formula is C28H31Cl2FeN3. The van der Waals surface area contributed by atoms with Gasteiger partial charge in [0.2, 0.25) is 0 Å². The van der Waals surface area contributed by atoms with E-state index in [4.69, 9.17) is 35.2 Å². The molecule has 0 fully saturated rings. The number of benzene rings is 2. The van der Waals surface area contributed by atoms with Crippen molar-refractivity contribution in [1.82, 2.24) is 4.98 Å². The Morgan fingerprint density at radius 3 is 1.68 bits per heavy atom. The quantitative estimate of drug-likeness (QED) is 0.176. The van der Waals surface area contributed by atoms with Crippen LogP contribution < -0.4 is 0 Å². The Morgan fingerprint density at radius 1 is 0.824 bits per heavy atom. The average molecular weight is 536 g/mol. The van der Waals surface area contributed by atoms with Crippen LogP contribution >= 0.6 is 20.2 Å². The third-order valence-corrected chi connectivity index (χ3v) is 5.42. The Labute approximate surface area is 218 Å². The van der Waals surface area contributed by atoms with Crippen LogP contribution in [0, 0.1) is 27.7 Å². The molecule has 0 unspecified atom stereocenters. The van der Waals surface area contributed by atoms with Crippen molar-refractivity contribution in [3.8, 4) is 0 Å². The molecule has 3 rings (SSSR count). The molecule has 3 nitrogen and oxygen atoms in total. The van der Waals surface area contributed by atoms with Crippen LogP contribution in [0.5, 0.6) is 0 Å². The predicted molar refractivity (Wildman–Crippen MR) is 145 cm³/mol. The number of halogens is 2. The van der Waals surface area contributed by atoms with E-state index in [1.54, 1.807) is 0 Å². The number of hydrogen-bond acceptors (Lipinski definition) is 3. The van der Waals surface area contributed by atoms with Crippen LogP contribution in [0.1, 0.15) is 53.1 Å². The van der Waals surface area contributed by atoms with Crippen molar-refractivity contribution >= 4 is 43.0 Å². The first-order chi connectivity index (χ1) is 16.2. The summed E-state index contributed by atoms with van der Waals surface area (Å²) in [7, 11) is 9.53. The number of hydrogen-bond donors (Lipinski definition) is 0. The molecule has 0 aliphatic heterocycles. The van der Waals surface area contributed by atoms with Crippen LogP contribution in [0.3, 0.4) is 0 Å². The summed E-state index contributed by atoms with van der Waals surface area (Å²) in [6.07, 6.45) is 2.80. The number of aliphatic imine (C=N–C) groups is 2. The van der Waals surface area contributed by atoms with Crippen molar-refractivity contribution < 1.29 is 13.1 Å². The van der Waals surface area contributed by atoms with E-state index in [2.05, 4.69) is 64.6 Å². The number of para-hydroxylation sites is 1. The van der Waals surface area contributed by atoms with E-state index in [1.165, 1.54) is 27.8 Å². The molecule has 0 spiro atoms. The minimum atomic E-state index is 0.194. The number of aryl methyl sites for hydroxylation is 4. The first kappa shape index (κ1) is 28.0. The number of aromatic nitrogens is 1. The third-order valence-electron chi connectivity index (χ3n) is 5.42. The Balaban J connectivity index is 0.00000129. The van der Waals surface area contributed by atoms with Crippen LogP contribution in [-0.4, -0.2) is 16.4 Å². The van der Waals surface area contributed by atoms with Crippen LogP contribution in [0.15, 0.2) is 71.2 Å². The normalized spacial score (nSPS) is 11.8. The first-order valence-corrected chi connectivity index (χ1v) is 14.0. The molecule has 0 amide bonds. The van der Waals surface area contributed by atoms with Gasteiger partial charge in [-0.1, -0.05) is 42.5 Å². The zero-order valence-electron chi connectivity index (χ0n) is 20.6. The van der Waals surface area contributed by atoms with E-state index < -0.39 is 0 Å². The van der Waals surface area contributed by atoms with E-state index in [1.807, 2.05) is 38.1 Å². The molecule has 3 aromatic rings. The van der Waals surface area contributed by atoms with Gasteiger partial charge in [0.05, 0.1) is 34.2 Å². The summed E-state index contributed by atoms with van der Waals surface area (Å²) in [6, 6.07) is 16.6. The number of rotatable bonds is 6. The zero-order chi connectivity index (χ0) is 25.3. The van der Waals surface area contributed by atoms with Crippen molar-refractivity contribution in [3.63, 3.8) is 0 Å². The SMILES string of the molecule is C=CCc1cc(C)c(N=C(C)c2cccc(C(C)=Nc3c(C)cccc3C)n2)c(C)c1.[Cl][Fe][Cl]. The molecule has 0 aliphatic rings. The van der Waals surface area contributed by atoms with Crippen LogP contribution in [-0.2, 0) is 19.6 Å². The monoisotopic (exact) mass is 535 g/mol. The van der Waals surface area contributed by atoms with E-state index in [9.17, 15) is 0 Å². The molecular weight excluding hydrogens is 505 g/mol. The fourth-order valence-corrected chi connectivity index (χ4v) is 3.78. The fourth-order valence-electron chi connectivity index (χ4n) is 3.78. The van der Waals surface area contributed by atoms with Gasteiger partial charge in [-0.25, -0.2) is 4.98 Å². The first-order valence-electron chi connectivity index (χ1n) is 10.9. The summed E-state index contributed by atoms with van der Waals surface area (Å²) in [6.45, 7) is 16.3. The molecule has 0 saturated carbocycles. The van der Waals surface area contributed by atoms with Gasteiger partial charge in [0, 0.05) is 0 Å². The van der Waals surface area contributed by atoms with Crippen LogP contribution in [0.25, 0.3) is 0 Å². The van der Waals surface area contributed by atoms with E-state index >= 15 is 0 Å². The molecule has 0 aliphatic carbocycles. The maximum absolute atomic E-state index is 4.93. The summed E-state index contributed by atoms with van der Waals surface area (Å²) < 4.78 is 0. The summed E-state index contributed by atoms with van der Waals surface area (Å²) in [4.78, 5) is 14.7. The van der Waals surface area contributed by atoms with Crippen molar-refractivity contribution in [2.45, 2.75) is 48.0 Å². The molecule has 1 heterocycles. The number of nitrogens with zero attached hydrogens (tertiary/aromatic N) is 3. The molecule has 0 radical (unpaired) electrons. The molecule has 34 heavy (non-hydrogen) atoms.